The lowest BCUT2D eigenvalue weighted by Crippen LogP contribution is -2.39. The van der Waals surface area contributed by atoms with Crippen LogP contribution in [0.3, 0.4) is 0 Å². The number of carboxylic acid groups (broad SMARTS) is 1. The molecule has 1 aromatic rings. The van der Waals surface area contributed by atoms with Gasteiger partial charge in [0.2, 0.25) is 10.0 Å². The number of hydrogen-bond donors (Lipinski definition) is 2. The average molecular weight is 378 g/mol. The van der Waals surface area contributed by atoms with Gasteiger partial charge in [0.15, 0.2) is 0 Å². The number of carbonyl (C=O) groups is 1. The van der Waals surface area contributed by atoms with Crippen molar-refractivity contribution < 1.29 is 23.4 Å². The lowest BCUT2D eigenvalue weighted by atomic mass is 10.0. The molecule has 116 valence electrons. The van der Waals surface area contributed by atoms with E-state index in [1.165, 1.54) is 16.4 Å². The molecule has 1 aliphatic rings. The van der Waals surface area contributed by atoms with Crippen LogP contribution in [-0.4, -0.2) is 48.1 Å². The fourth-order valence-electron chi connectivity index (χ4n) is 2.50. The predicted molar refractivity (Wildman–Crippen MR) is 79.6 cm³/mol. The second kappa shape index (κ2) is 6.04. The molecule has 6 nitrogen and oxygen atoms in total. The minimum atomic E-state index is -3.86. The molecule has 2 N–H and O–H groups in total. The van der Waals surface area contributed by atoms with Crippen LogP contribution >= 0.6 is 15.9 Å². The molecule has 1 saturated heterocycles. The first-order chi connectivity index (χ1) is 9.78. The van der Waals surface area contributed by atoms with Gasteiger partial charge in [0, 0.05) is 11.0 Å². The molecule has 2 atom stereocenters. The fraction of sp³-hybridized carbons (Fsp3) is 0.462. The van der Waals surface area contributed by atoms with Gasteiger partial charge in [-0.15, -0.1) is 0 Å². The molecule has 21 heavy (non-hydrogen) atoms. The highest BCUT2D eigenvalue weighted by atomic mass is 79.9. The quantitative estimate of drug-likeness (QED) is 0.829. The van der Waals surface area contributed by atoms with Crippen molar-refractivity contribution in [3.05, 3.63) is 28.2 Å². The van der Waals surface area contributed by atoms with E-state index in [1.54, 1.807) is 0 Å². The van der Waals surface area contributed by atoms with Gasteiger partial charge in [-0.3, -0.25) is 0 Å². The number of carboxylic acids is 1. The van der Waals surface area contributed by atoms with Crippen molar-refractivity contribution in [1.29, 1.82) is 0 Å². The highest BCUT2D eigenvalue weighted by molar-refractivity contribution is 9.10. The van der Waals surface area contributed by atoms with Crippen LogP contribution in [-0.2, 0) is 10.0 Å². The Bertz CT molecular complexity index is 661. The smallest absolute Gasteiger partial charge is 0.335 e. The Morgan fingerprint density at radius 3 is 2.71 bits per heavy atom. The summed E-state index contributed by atoms with van der Waals surface area (Å²) in [7, 11) is -3.86. The minimum absolute atomic E-state index is 0.0613. The van der Waals surface area contributed by atoms with E-state index in [-0.39, 0.29) is 23.0 Å². The van der Waals surface area contributed by atoms with E-state index in [0.717, 1.165) is 6.07 Å². The highest BCUT2D eigenvalue weighted by Gasteiger charge is 2.40. The molecule has 1 aromatic carbocycles. The molecular weight excluding hydrogens is 362 g/mol. The fourth-order valence-corrected chi connectivity index (χ4v) is 5.18. The maximum Gasteiger partial charge on any atom is 0.335 e. The standard InChI is InChI=1S/C13H16BrNO5S/c1-8-4-5-15(11(8)7-16)21(19,20)12-6-9(13(17)18)2-3-10(12)14/h2-3,6,8,11,16H,4-5,7H2,1H3,(H,17,18). The van der Waals surface area contributed by atoms with E-state index in [0.29, 0.717) is 17.4 Å². The molecule has 1 heterocycles. The van der Waals surface area contributed by atoms with Gasteiger partial charge in [-0.2, -0.15) is 4.31 Å². The van der Waals surface area contributed by atoms with Gasteiger partial charge in [0.05, 0.1) is 23.1 Å². The Balaban J connectivity index is 2.49. The van der Waals surface area contributed by atoms with E-state index >= 15 is 0 Å². The third-order valence-electron chi connectivity index (χ3n) is 3.78. The van der Waals surface area contributed by atoms with E-state index in [1.807, 2.05) is 6.92 Å². The van der Waals surface area contributed by atoms with E-state index in [4.69, 9.17) is 5.11 Å². The first kappa shape index (κ1) is 16.4. The summed E-state index contributed by atoms with van der Waals surface area (Å²) >= 11 is 3.16. The molecule has 1 aliphatic heterocycles. The van der Waals surface area contributed by atoms with Gasteiger partial charge in [0.1, 0.15) is 0 Å². The van der Waals surface area contributed by atoms with E-state index in [2.05, 4.69) is 15.9 Å². The second-order valence-electron chi connectivity index (χ2n) is 5.08. The van der Waals surface area contributed by atoms with Gasteiger partial charge in [-0.1, -0.05) is 6.92 Å². The Labute approximate surface area is 131 Å². The number of halogens is 1. The van der Waals surface area contributed by atoms with Gasteiger partial charge < -0.3 is 10.2 Å². The number of benzene rings is 1. The van der Waals surface area contributed by atoms with Gasteiger partial charge in [-0.25, -0.2) is 13.2 Å². The van der Waals surface area contributed by atoms with Crippen molar-refractivity contribution >= 4 is 31.9 Å². The molecule has 0 bridgehead atoms. The molecule has 0 aromatic heterocycles. The molecule has 0 radical (unpaired) electrons. The maximum absolute atomic E-state index is 12.7. The van der Waals surface area contributed by atoms with Crippen molar-refractivity contribution in [3.8, 4) is 0 Å². The zero-order valence-electron chi connectivity index (χ0n) is 11.4. The molecular formula is C13H16BrNO5S. The third kappa shape index (κ3) is 2.98. The summed E-state index contributed by atoms with van der Waals surface area (Å²) in [6, 6.07) is 3.40. The molecule has 8 heteroatoms. The van der Waals surface area contributed by atoms with Crippen LogP contribution in [0.1, 0.15) is 23.7 Å². The number of aliphatic hydroxyl groups excluding tert-OH is 1. The van der Waals surface area contributed by atoms with Crippen molar-refractivity contribution in [1.82, 2.24) is 4.31 Å². The second-order valence-corrected chi connectivity index (χ2v) is 7.80. The summed E-state index contributed by atoms with van der Waals surface area (Å²) in [6.07, 6.45) is 0.667. The van der Waals surface area contributed by atoms with Gasteiger partial charge >= 0.3 is 5.97 Å². The van der Waals surface area contributed by atoms with Crippen LogP contribution in [0, 0.1) is 5.92 Å². The van der Waals surface area contributed by atoms with Crippen LogP contribution < -0.4 is 0 Å². The van der Waals surface area contributed by atoms with Gasteiger partial charge in [0.25, 0.3) is 0 Å². The Kier molecular flexibility index (Phi) is 4.72. The van der Waals surface area contributed by atoms with E-state index in [9.17, 15) is 18.3 Å². The number of aromatic carboxylic acids is 1. The number of aliphatic hydroxyl groups is 1. The summed E-state index contributed by atoms with van der Waals surface area (Å²) in [5.74, 6) is -1.13. The summed E-state index contributed by atoms with van der Waals surface area (Å²) in [5.41, 5.74) is -0.0930. The molecule has 0 saturated carbocycles. The summed E-state index contributed by atoms with van der Waals surface area (Å²) < 4.78 is 27.0. The normalized spacial score (nSPS) is 23.4. The molecule has 0 amide bonds. The van der Waals surface area contributed by atoms with Crippen molar-refractivity contribution in [2.75, 3.05) is 13.2 Å². The summed E-state index contributed by atoms with van der Waals surface area (Å²) in [6.45, 7) is 1.95. The van der Waals surface area contributed by atoms with Crippen LogP contribution in [0.5, 0.6) is 0 Å². The van der Waals surface area contributed by atoms with Crippen LogP contribution in [0.25, 0.3) is 0 Å². The van der Waals surface area contributed by atoms with Crippen LogP contribution in [0.4, 0.5) is 0 Å². The zero-order chi connectivity index (χ0) is 15.8. The Hall–Kier alpha value is -0.960. The molecule has 0 aliphatic carbocycles. The van der Waals surface area contributed by atoms with E-state index < -0.39 is 22.0 Å². The first-order valence-electron chi connectivity index (χ1n) is 6.44. The minimum Gasteiger partial charge on any atom is -0.478 e. The number of hydrogen-bond acceptors (Lipinski definition) is 4. The average Bonchev–Trinajstić information content (AvgIpc) is 2.80. The topological polar surface area (TPSA) is 94.9 Å². The number of nitrogens with zero attached hydrogens (tertiary/aromatic N) is 1. The van der Waals surface area contributed by atoms with Crippen molar-refractivity contribution in [3.63, 3.8) is 0 Å². The summed E-state index contributed by atoms with van der Waals surface area (Å²) in [5, 5.41) is 18.4. The van der Waals surface area contributed by atoms with Crippen molar-refractivity contribution in [2.24, 2.45) is 5.92 Å². The third-order valence-corrected chi connectivity index (χ3v) is 6.70. The van der Waals surface area contributed by atoms with Crippen molar-refractivity contribution in [2.45, 2.75) is 24.3 Å². The molecule has 2 unspecified atom stereocenters. The number of sulfonamides is 1. The lowest BCUT2D eigenvalue weighted by molar-refractivity contribution is 0.0696. The largest absolute Gasteiger partial charge is 0.478 e. The van der Waals surface area contributed by atoms with Crippen LogP contribution in [0.2, 0.25) is 0 Å². The maximum atomic E-state index is 12.7. The lowest BCUT2D eigenvalue weighted by Gasteiger charge is -2.25. The molecule has 2 rings (SSSR count). The Morgan fingerprint density at radius 2 is 2.14 bits per heavy atom. The monoisotopic (exact) mass is 377 g/mol. The SMILES string of the molecule is CC1CCN(S(=O)(=O)c2cc(C(=O)O)ccc2Br)C1CO. The summed E-state index contributed by atoms with van der Waals surface area (Å²) in [4.78, 5) is 10.9. The molecule has 0 spiro atoms. The first-order valence-corrected chi connectivity index (χ1v) is 8.68. The van der Waals surface area contributed by atoms with Gasteiger partial charge in [-0.05, 0) is 46.5 Å². The Morgan fingerprint density at radius 1 is 1.48 bits per heavy atom. The molecule has 1 fully saturated rings. The highest BCUT2D eigenvalue weighted by Crippen LogP contribution is 2.33. The van der Waals surface area contributed by atoms with Crippen LogP contribution in [0.15, 0.2) is 27.6 Å². The number of rotatable bonds is 4. The zero-order valence-corrected chi connectivity index (χ0v) is 13.8. The predicted octanol–water partition coefficient (Wildman–Crippen LogP) is 1.54.